The Hall–Kier alpha value is -2.08. The second kappa shape index (κ2) is 8.38. The number of aromatic hydroxyl groups is 1. The van der Waals surface area contributed by atoms with Gasteiger partial charge < -0.3 is 21.3 Å². The topological polar surface area (TPSA) is 95.6 Å². The highest BCUT2D eigenvalue weighted by atomic mass is 35.5. The van der Waals surface area contributed by atoms with E-state index in [4.69, 9.17) is 5.73 Å². The van der Waals surface area contributed by atoms with Gasteiger partial charge in [-0.15, -0.1) is 12.4 Å². The summed E-state index contributed by atoms with van der Waals surface area (Å²) in [6.45, 7) is 0.969. The van der Waals surface area contributed by atoms with Crippen molar-refractivity contribution < 1.29 is 15.0 Å². The maximum Gasteiger partial charge on any atom is 0.252 e. The summed E-state index contributed by atoms with van der Waals surface area (Å²) in [6.07, 6.45) is -0.785. The van der Waals surface area contributed by atoms with Gasteiger partial charge in [-0.05, 0) is 23.3 Å². The largest absolute Gasteiger partial charge is 0.507 e. The predicted molar refractivity (Wildman–Crippen MR) is 87.0 cm³/mol. The molecule has 0 aliphatic rings. The fraction of sp³-hybridized carbons (Fsp3) is 0.188. The molecule has 1 unspecified atom stereocenters. The molecule has 0 aliphatic carbocycles. The lowest BCUT2D eigenvalue weighted by Crippen LogP contribution is -2.21. The standard InChI is InChI=1S/C16H18N2O3.ClH/c17-16(21)13-8-12(6-7-14(13)19)15(20)10-18-9-11-4-2-1-3-5-11;/h1-8,15,18-20H,9-10H2,(H2,17,21);1H. The van der Waals surface area contributed by atoms with Crippen LogP contribution in [0.2, 0.25) is 0 Å². The molecule has 0 saturated carbocycles. The van der Waals surface area contributed by atoms with E-state index in [0.29, 0.717) is 18.7 Å². The van der Waals surface area contributed by atoms with Gasteiger partial charge in [-0.25, -0.2) is 0 Å². The molecule has 0 saturated heterocycles. The average Bonchev–Trinajstić information content (AvgIpc) is 2.48. The van der Waals surface area contributed by atoms with E-state index >= 15 is 0 Å². The number of phenols is 1. The van der Waals surface area contributed by atoms with Gasteiger partial charge in [0.1, 0.15) is 5.75 Å². The lowest BCUT2D eigenvalue weighted by Gasteiger charge is -2.13. The van der Waals surface area contributed by atoms with E-state index in [2.05, 4.69) is 5.32 Å². The summed E-state index contributed by atoms with van der Waals surface area (Å²) in [5, 5.41) is 22.7. The molecule has 0 bridgehead atoms. The molecule has 0 aliphatic heterocycles. The molecule has 2 rings (SSSR count). The maximum absolute atomic E-state index is 11.2. The van der Waals surface area contributed by atoms with E-state index in [-0.39, 0.29) is 23.7 Å². The van der Waals surface area contributed by atoms with Crippen molar-refractivity contribution >= 4 is 18.3 Å². The average molecular weight is 323 g/mol. The van der Waals surface area contributed by atoms with Gasteiger partial charge in [0.2, 0.25) is 0 Å². The maximum atomic E-state index is 11.2. The minimum Gasteiger partial charge on any atom is -0.507 e. The van der Waals surface area contributed by atoms with Crippen LogP contribution in [-0.4, -0.2) is 22.7 Å². The summed E-state index contributed by atoms with van der Waals surface area (Å²) >= 11 is 0. The Bertz CT molecular complexity index is 620. The Morgan fingerprint density at radius 2 is 1.86 bits per heavy atom. The van der Waals surface area contributed by atoms with Crippen LogP contribution in [-0.2, 0) is 6.54 Å². The lowest BCUT2D eigenvalue weighted by atomic mass is 10.0. The van der Waals surface area contributed by atoms with Gasteiger partial charge in [-0.2, -0.15) is 0 Å². The van der Waals surface area contributed by atoms with E-state index < -0.39 is 12.0 Å². The van der Waals surface area contributed by atoms with Gasteiger partial charge in [0.25, 0.3) is 5.91 Å². The molecule has 0 spiro atoms. The molecule has 2 aromatic carbocycles. The number of carbonyl (C=O) groups is 1. The SMILES string of the molecule is Cl.NC(=O)c1cc(C(O)CNCc2ccccc2)ccc1O. The van der Waals surface area contributed by atoms with Crippen LogP contribution < -0.4 is 11.1 Å². The molecule has 0 aromatic heterocycles. The van der Waals surface area contributed by atoms with Crippen molar-refractivity contribution in [2.75, 3.05) is 6.54 Å². The molecular weight excluding hydrogens is 304 g/mol. The van der Waals surface area contributed by atoms with Crippen molar-refractivity contribution in [2.45, 2.75) is 12.6 Å². The lowest BCUT2D eigenvalue weighted by molar-refractivity contribution is 0.0997. The molecule has 0 radical (unpaired) electrons. The molecule has 118 valence electrons. The number of rotatable bonds is 6. The van der Waals surface area contributed by atoms with Gasteiger partial charge in [-0.1, -0.05) is 36.4 Å². The zero-order chi connectivity index (χ0) is 15.2. The third-order valence-corrected chi connectivity index (χ3v) is 3.18. The molecule has 0 heterocycles. The summed E-state index contributed by atoms with van der Waals surface area (Å²) in [7, 11) is 0. The van der Waals surface area contributed by atoms with Crippen molar-refractivity contribution in [3.63, 3.8) is 0 Å². The van der Waals surface area contributed by atoms with Crippen molar-refractivity contribution in [1.29, 1.82) is 0 Å². The zero-order valence-corrected chi connectivity index (χ0v) is 12.7. The van der Waals surface area contributed by atoms with Crippen LogP contribution in [0.1, 0.15) is 27.6 Å². The number of nitrogens with one attached hydrogen (secondary N) is 1. The summed E-state index contributed by atoms with van der Waals surface area (Å²) in [4.78, 5) is 11.2. The van der Waals surface area contributed by atoms with Crippen LogP contribution in [0.25, 0.3) is 0 Å². The molecule has 0 fully saturated rings. The third-order valence-electron chi connectivity index (χ3n) is 3.18. The molecule has 5 nitrogen and oxygen atoms in total. The first kappa shape index (κ1) is 18.0. The number of aliphatic hydroxyl groups is 1. The summed E-state index contributed by atoms with van der Waals surface area (Å²) in [5.41, 5.74) is 6.82. The van der Waals surface area contributed by atoms with E-state index in [1.165, 1.54) is 12.1 Å². The first-order valence-corrected chi connectivity index (χ1v) is 6.63. The van der Waals surface area contributed by atoms with Crippen LogP contribution in [0.3, 0.4) is 0 Å². The Morgan fingerprint density at radius 3 is 2.50 bits per heavy atom. The highest BCUT2D eigenvalue weighted by Crippen LogP contribution is 2.21. The number of hydrogen-bond donors (Lipinski definition) is 4. The van der Waals surface area contributed by atoms with Gasteiger partial charge in [-0.3, -0.25) is 4.79 Å². The predicted octanol–water partition coefficient (Wildman–Crippen LogP) is 1.74. The molecule has 2 aromatic rings. The van der Waals surface area contributed by atoms with Gasteiger partial charge in [0, 0.05) is 13.1 Å². The number of carbonyl (C=O) groups excluding carboxylic acids is 1. The first-order valence-electron chi connectivity index (χ1n) is 6.63. The van der Waals surface area contributed by atoms with Crippen LogP contribution in [0, 0.1) is 0 Å². The second-order valence-electron chi connectivity index (χ2n) is 4.77. The normalized spacial score (nSPS) is 11.5. The minimum atomic E-state index is -0.785. The molecular formula is C16H19ClN2O3. The van der Waals surface area contributed by atoms with Gasteiger partial charge in [0.05, 0.1) is 11.7 Å². The Morgan fingerprint density at radius 1 is 1.18 bits per heavy atom. The van der Waals surface area contributed by atoms with E-state index in [9.17, 15) is 15.0 Å². The van der Waals surface area contributed by atoms with Crippen molar-refractivity contribution in [3.8, 4) is 5.75 Å². The summed E-state index contributed by atoms with van der Waals surface area (Å²) in [5.74, 6) is -0.908. The van der Waals surface area contributed by atoms with Gasteiger partial charge in [0.15, 0.2) is 0 Å². The molecule has 1 atom stereocenters. The Balaban J connectivity index is 0.00000242. The van der Waals surface area contributed by atoms with Gasteiger partial charge >= 0.3 is 0 Å². The summed E-state index contributed by atoms with van der Waals surface area (Å²) in [6, 6.07) is 14.2. The highest BCUT2D eigenvalue weighted by molar-refractivity contribution is 5.95. The molecule has 22 heavy (non-hydrogen) atoms. The van der Waals surface area contributed by atoms with Crippen LogP contribution >= 0.6 is 12.4 Å². The zero-order valence-electron chi connectivity index (χ0n) is 11.9. The van der Waals surface area contributed by atoms with Crippen molar-refractivity contribution in [2.24, 2.45) is 5.73 Å². The molecule has 1 amide bonds. The van der Waals surface area contributed by atoms with Crippen LogP contribution in [0.4, 0.5) is 0 Å². The number of hydrogen-bond acceptors (Lipinski definition) is 4. The number of aliphatic hydroxyl groups excluding tert-OH is 1. The summed E-state index contributed by atoms with van der Waals surface area (Å²) < 4.78 is 0. The van der Waals surface area contributed by atoms with Crippen molar-refractivity contribution in [3.05, 3.63) is 65.2 Å². The minimum absolute atomic E-state index is 0. The van der Waals surface area contributed by atoms with Crippen LogP contribution in [0.15, 0.2) is 48.5 Å². The fourth-order valence-electron chi connectivity index (χ4n) is 2.03. The molecule has 5 N–H and O–H groups in total. The quantitative estimate of drug-likeness (QED) is 0.651. The Kier molecular flexibility index (Phi) is 6.85. The van der Waals surface area contributed by atoms with E-state index in [1.807, 2.05) is 30.3 Å². The number of amides is 1. The number of primary amides is 1. The Labute approximate surface area is 135 Å². The fourth-order valence-corrected chi connectivity index (χ4v) is 2.03. The third kappa shape index (κ3) is 4.73. The number of halogens is 1. The number of nitrogens with two attached hydrogens (primary N) is 1. The smallest absolute Gasteiger partial charge is 0.252 e. The number of benzene rings is 2. The van der Waals surface area contributed by atoms with E-state index in [1.54, 1.807) is 6.07 Å². The van der Waals surface area contributed by atoms with Crippen LogP contribution in [0.5, 0.6) is 5.75 Å². The van der Waals surface area contributed by atoms with E-state index in [0.717, 1.165) is 5.56 Å². The first-order chi connectivity index (χ1) is 10.1. The second-order valence-corrected chi connectivity index (χ2v) is 4.77. The highest BCUT2D eigenvalue weighted by Gasteiger charge is 2.13. The monoisotopic (exact) mass is 322 g/mol. The molecule has 6 heteroatoms. The van der Waals surface area contributed by atoms with Crippen molar-refractivity contribution in [1.82, 2.24) is 5.32 Å².